The van der Waals surface area contributed by atoms with Gasteiger partial charge in [-0.2, -0.15) is 5.10 Å². The second kappa shape index (κ2) is 16.0. The fourth-order valence-corrected chi connectivity index (χ4v) is 5.46. The van der Waals surface area contributed by atoms with Crippen LogP contribution in [0.5, 0.6) is 11.5 Å². The Morgan fingerprint density at radius 1 is 1.00 bits per heavy atom. The van der Waals surface area contributed by atoms with Gasteiger partial charge in [0.2, 0.25) is 11.9 Å². The van der Waals surface area contributed by atoms with Crippen LogP contribution in [-0.4, -0.2) is 70.5 Å². The van der Waals surface area contributed by atoms with E-state index in [9.17, 15) is 14.4 Å². The summed E-state index contributed by atoms with van der Waals surface area (Å²) < 4.78 is 20.7. The van der Waals surface area contributed by atoms with Crippen molar-refractivity contribution >= 4 is 63.2 Å². The Morgan fingerprint density at radius 3 is 2.50 bits per heavy atom. The van der Waals surface area contributed by atoms with Gasteiger partial charge in [0.05, 0.1) is 36.6 Å². The number of carbonyl (C=O) groups is 3. The maximum atomic E-state index is 12.1. The number of amides is 2. The van der Waals surface area contributed by atoms with Gasteiger partial charge in [-0.15, -0.1) is 0 Å². The molecular formula is C37H43N9O6. The normalized spacial score (nSPS) is 11.7. The number of aromatic nitrogens is 4. The summed E-state index contributed by atoms with van der Waals surface area (Å²) in [4.78, 5) is 40.1. The number of nitrogens with zero attached hydrogens (tertiary/aromatic N) is 4. The zero-order chi connectivity index (χ0) is 37.4. The number of imidazole rings is 1. The molecule has 7 N–H and O–H groups in total. The first-order valence-corrected chi connectivity index (χ1v) is 16.5. The van der Waals surface area contributed by atoms with Crippen molar-refractivity contribution in [2.45, 2.75) is 39.5 Å². The van der Waals surface area contributed by atoms with Crippen LogP contribution < -0.4 is 36.9 Å². The number of nitrogens with two attached hydrogens (primary N) is 2. The number of aldehydes is 1. The van der Waals surface area contributed by atoms with Gasteiger partial charge in [0, 0.05) is 42.3 Å². The third-order valence-corrected chi connectivity index (χ3v) is 7.74. The van der Waals surface area contributed by atoms with Gasteiger partial charge in [-0.25, -0.2) is 9.78 Å². The number of nitrogens with one attached hydrogen (secondary N) is 3. The molecule has 52 heavy (non-hydrogen) atoms. The van der Waals surface area contributed by atoms with Gasteiger partial charge in [0.1, 0.15) is 41.2 Å². The number of carbonyl (C=O) groups excluding carboxylic acids is 3. The summed E-state index contributed by atoms with van der Waals surface area (Å²) in [5.74, 6) is 0.901. The summed E-state index contributed by atoms with van der Waals surface area (Å²) in [6, 6.07) is 12.0. The zero-order valence-corrected chi connectivity index (χ0v) is 29.7. The molecular weight excluding hydrogens is 666 g/mol. The lowest BCUT2D eigenvalue weighted by Crippen LogP contribution is -2.27. The molecule has 3 aromatic carbocycles. The SMILES string of the molecule is CNc1nc2cc(C=O)cc(OC)c2n1C/C=C/CNc1c(N)cc(C(N)=O)cc1OC/C=C/Cn1ncc2cc(NC(=O)OC(C)(C)C)ccc21. The van der Waals surface area contributed by atoms with E-state index in [1.165, 1.54) is 6.07 Å². The van der Waals surface area contributed by atoms with E-state index in [0.29, 0.717) is 65.2 Å². The number of nitrogen functional groups attached to an aromatic ring is 1. The molecule has 0 fully saturated rings. The third-order valence-electron chi connectivity index (χ3n) is 7.74. The average molecular weight is 710 g/mol. The number of primary amides is 1. The molecule has 0 atom stereocenters. The molecule has 5 aromatic rings. The molecule has 0 bridgehead atoms. The highest BCUT2D eigenvalue weighted by Gasteiger charge is 2.18. The van der Waals surface area contributed by atoms with Crippen LogP contribution in [0.1, 0.15) is 41.5 Å². The second-order valence-corrected chi connectivity index (χ2v) is 12.7. The Hall–Kier alpha value is -6.51. The van der Waals surface area contributed by atoms with Crippen LogP contribution in [0, 0.1) is 0 Å². The molecule has 0 unspecified atom stereocenters. The molecule has 0 radical (unpaired) electrons. The summed E-state index contributed by atoms with van der Waals surface area (Å²) in [5, 5.41) is 14.4. The fourth-order valence-electron chi connectivity index (χ4n) is 5.46. The van der Waals surface area contributed by atoms with Crippen LogP contribution in [-0.2, 0) is 17.8 Å². The monoisotopic (exact) mass is 709 g/mol. The maximum absolute atomic E-state index is 12.1. The van der Waals surface area contributed by atoms with Crippen LogP contribution in [0.2, 0.25) is 0 Å². The molecule has 0 aliphatic rings. The van der Waals surface area contributed by atoms with Crippen LogP contribution in [0.25, 0.3) is 21.9 Å². The average Bonchev–Trinajstić information content (AvgIpc) is 3.67. The molecule has 0 saturated heterocycles. The highest BCUT2D eigenvalue weighted by atomic mass is 16.6. The number of anilines is 4. The summed E-state index contributed by atoms with van der Waals surface area (Å²) in [7, 11) is 3.32. The van der Waals surface area contributed by atoms with Gasteiger partial charge in [0.25, 0.3) is 0 Å². The Bertz CT molecular complexity index is 2160. The molecule has 2 aromatic heterocycles. The largest absolute Gasteiger partial charge is 0.494 e. The fraction of sp³-hybridized carbons (Fsp3) is 0.270. The first-order chi connectivity index (χ1) is 24.9. The summed E-state index contributed by atoms with van der Waals surface area (Å²) in [6.07, 6.45) is 9.58. The predicted molar refractivity (Wildman–Crippen MR) is 202 cm³/mol. The van der Waals surface area contributed by atoms with Crippen LogP contribution in [0.15, 0.2) is 73.0 Å². The van der Waals surface area contributed by atoms with Crippen molar-refractivity contribution in [3.63, 3.8) is 0 Å². The van der Waals surface area contributed by atoms with Gasteiger partial charge in [-0.05, 0) is 69.3 Å². The molecule has 0 saturated carbocycles. The van der Waals surface area contributed by atoms with Gasteiger partial charge >= 0.3 is 6.09 Å². The summed E-state index contributed by atoms with van der Waals surface area (Å²) in [6.45, 7) is 6.92. The Labute approximate surface area is 300 Å². The number of methoxy groups -OCH3 is 1. The van der Waals surface area contributed by atoms with E-state index in [-0.39, 0.29) is 12.2 Å². The second-order valence-electron chi connectivity index (χ2n) is 12.7. The van der Waals surface area contributed by atoms with E-state index in [1.54, 1.807) is 65.4 Å². The van der Waals surface area contributed by atoms with Crippen molar-refractivity contribution in [1.29, 1.82) is 0 Å². The third kappa shape index (κ3) is 8.79. The molecule has 15 heteroatoms. The van der Waals surface area contributed by atoms with Gasteiger partial charge < -0.3 is 40.9 Å². The topological polar surface area (TPSA) is 203 Å². The first kappa shape index (κ1) is 36.8. The Morgan fingerprint density at radius 2 is 1.79 bits per heavy atom. The molecule has 0 aliphatic heterocycles. The minimum absolute atomic E-state index is 0.184. The van der Waals surface area contributed by atoms with Crippen molar-refractivity contribution in [3.05, 3.63) is 84.1 Å². The lowest BCUT2D eigenvalue weighted by molar-refractivity contribution is 0.0635. The minimum atomic E-state index is -0.628. The lowest BCUT2D eigenvalue weighted by atomic mass is 10.1. The molecule has 0 aliphatic carbocycles. The first-order valence-electron chi connectivity index (χ1n) is 16.5. The minimum Gasteiger partial charge on any atom is -0.494 e. The quantitative estimate of drug-likeness (QED) is 0.0516. The van der Waals surface area contributed by atoms with Gasteiger partial charge in [-0.3, -0.25) is 19.6 Å². The van der Waals surface area contributed by atoms with Gasteiger partial charge in [-0.1, -0.05) is 18.2 Å². The molecule has 15 nitrogen and oxygen atoms in total. The Kier molecular flexibility index (Phi) is 11.3. The van der Waals surface area contributed by atoms with Crippen LogP contribution >= 0.6 is 0 Å². The number of benzene rings is 3. The molecule has 2 amide bonds. The standard InChI is InChI=1S/C37H43N9O6/c1-37(2,3)52-36(49)43-26-10-11-29-25(18-26)21-42-46(29)14-8-9-15-51-30-20-24(34(39)48)19-27(38)32(30)41-12-6-7-13-45-33-28(44-35(45)40-4)16-23(22-47)17-31(33)50-5/h6-11,16-22,41H,12-15,38H2,1-5H3,(H2,39,48)(H,40,44)(H,43,49)/b7-6+,9-8+. The van der Waals surface area contributed by atoms with Crippen molar-refractivity contribution < 1.29 is 28.6 Å². The molecule has 5 rings (SSSR count). The van der Waals surface area contributed by atoms with Crippen molar-refractivity contribution in [1.82, 2.24) is 19.3 Å². The van der Waals surface area contributed by atoms with E-state index < -0.39 is 17.6 Å². The van der Waals surface area contributed by atoms with Crippen LogP contribution in [0.3, 0.4) is 0 Å². The lowest BCUT2D eigenvalue weighted by Gasteiger charge is -2.19. The zero-order valence-electron chi connectivity index (χ0n) is 29.7. The van der Waals surface area contributed by atoms with E-state index in [4.69, 9.17) is 25.7 Å². The number of fused-ring (bicyclic) bond motifs is 2. The van der Waals surface area contributed by atoms with Gasteiger partial charge in [0.15, 0.2) is 0 Å². The number of hydrogen-bond acceptors (Lipinski definition) is 11. The van der Waals surface area contributed by atoms with E-state index >= 15 is 0 Å². The number of ether oxygens (including phenoxy) is 3. The van der Waals surface area contributed by atoms with E-state index in [2.05, 4.69) is 26.0 Å². The highest BCUT2D eigenvalue weighted by Crippen LogP contribution is 2.33. The van der Waals surface area contributed by atoms with E-state index in [0.717, 1.165) is 22.7 Å². The maximum Gasteiger partial charge on any atom is 0.412 e. The highest BCUT2D eigenvalue weighted by molar-refractivity contribution is 5.96. The number of rotatable bonds is 15. The van der Waals surface area contributed by atoms with Crippen LogP contribution in [0.4, 0.5) is 27.8 Å². The molecule has 272 valence electrons. The Balaban J connectivity index is 1.21. The summed E-state index contributed by atoms with van der Waals surface area (Å²) in [5.41, 5.74) is 15.7. The van der Waals surface area contributed by atoms with Crippen molar-refractivity contribution in [2.75, 3.05) is 49.0 Å². The molecule has 2 heterocycles. The van der Waals surface area contributed by atoms with Crippen molar-refractivity contribution in [3.8, 4) is 11.5 Å². The number of allylic oxidation sites excluding steroid dienone is 2. The number of hydrogen-bond donors (Lipinski definition) is 5. The smallest absolute Gasteiger partial charge is 0.412 e. The predicted octanol–water partition coefficient (Wildman–Crippen LogP) is 5.58. The molecule has 0 spiro atoms. The summed E-state index contributed by atoms with van der Waals surface area (Å²) >= 11 is 0. The van der Waals surface area contributed by atoms with Crippen molar-refractivity contribution in [2.24, 2.45) is 5.73 Å². The van der Waals surface area contributed by atoms with E-state index in [1.807, 2.05) is 45.7 Å².